The van der Waals surface area contributed by atoms with Crippen LogP contribution in [0.4, 0.5) is 0 Å². The van der Waals surface area contributed by atoms with E-state index >= 15 is 0 Å². The maximum atomic E-state index is 5.68. The molecule has 0 spiro atoms. The minimum atomic E-state index is 0.782. The Balaban J connectivity index is 2.03. The van der Waals surface area contributed by atoms with Crippen molar-refractivity contribution in [3.63, 3.8) is 0 Å². The first-order valence-electron chi connectivity index (χ1n) is 6.83. The third-order valence-corrected chi connectivity index (χ3v) is 2.91. The Bertz CT molecular complexity index is 315. The van der Waals surface area contributed by atoms with Gasteiger partial charge in [-0.15, -0.1) is 0 Å². The predicted octanol–water partition coefficient (Wildman–Crippen LogP) is 3.37. The zero-order valence-corrected chi connectivity index (χ0v) is 11.4. The van der Waals surface area contributed by atoms with Gasteiger partial charge in [0.05, 0.1) is 13.7 Å². The van der Waals surface area contributed by atoms with E-state index in [0.29, 0.717) is 0 Å². The summed E-state index contributed by atoms with van der Waals surface area (Å²) in [6, 6.07) is 7.75. The van der Waals surface area contributed by atoms with E-state index in [9.17, 15) is 0 Å². The molecule has 0 aliphatic carbocycles. The predicted molar refractivity (Wildman–Crippen MR) is 75.2 cm³/mol. The van der Waals surface area contributed by atoms with Gasteiger partial charge >= 0.3 is 0 Å². The van der Waals surface area contributed by atoms with Crippen molar-refractivity contribution in [1.82, 2.24) is 0 Å². The summed E-state index contributed by atoms with van der Waals surface area (Å²) >= 11 is 0. The number of nitrogens with two attached hydrogens (primary N) is 1. The molecule has 0 fully saturated rings. The van der Waals surface area contributed by atoms with Crippen LogP contribution in [0.15, 0.2) is 24.3 Å². The van der Waals surface area contributed by atoms with Crippen LogP contribution >= 0.6 is 0 Å². The maximum absolute atomic E-state index is 5.68. The second-order valence-electron chi connectivity index (χ2n) is 4.44. The number of unbranched alkanes of at least 4 members (excludes halogenated alkanes) is 5. The molecule has 102 valence electrons. The number of methoxy groups -OCH3 is 1. The van der Waals surface area contributed by atoms with Gasteiger partial charge < -0.3 is 15.2 Å². The Hall–Kier alpha value is -1.22. The Morgan fingerprint density at radius 2 is 1.61 bits per heavy atom. The molecule has 0 atom stereocenters. The maximum Gasteiger partial charge on any atom is 0.122 e. The van der Waals surface area contributed by atoms with E-state index in [1.807, 2.05) is 24.3 Å². The van der Waals surface area contributed by atoms with E-state index in [4.69, 9.17) is 15.2 Å². The molecule has 0 heterocycles. The van der Waals surface area contributed by atoms with Gasteiger partial charge in [0.25, 0.3) is 0 Å². The molecule has 18 heavy (non-hydrogen) atoms. The average molecular weight is 251 g/mol. The molecule has 0 aliphatic rings. The number of ether oxygens (including phenoxy) is 2. The normalized spacial score (nSPS) is 10.3. The molecule has 0 saturated carbocycles. The van der Waals surface area contributed by atoms with Crippen LogP contribution in [0.3, 0.4) is 0 Å². The van der Waals surface area contributed by atoms with Gasteiger partial charge in [-0.3, -0.25) is 0 Å². The van der Waals surface area contributed by atoms with E-state index in [0.717, 1.165) is 37.5 Å². The van der Waals surface area contributed by atoms with E-state index in [2.05, 4.69) is 0 Å². The SMILES string of the molecule is COc1cccc(OCCCCCCCCN)c1. The Kier molecular flexibility index (Phi) is 8.06. The van der Waals surface area contributed by atoms with Crippen LogP contribution in [0, 0.1) is 0 Å². The lowest BCUT2D eigenvalue weighted by atomic mass is 10.1. The molecule has 1 rings (SSSR count). The lowest BCUT2D eigenvalue weighted by Gasteiger charge is -2.07. The molecule has 3 nitrogen and oxygen atoms in total. The topological polar surface area (TPSA) is 44.5 Å². The second kappa shape index (κ2) is 9.77. The first kappa shape index (κ1) is 14.8. The quantitative estimate of drug-likeness (QED) is 0.648. The molecule has 1 aromatic carbocycles. The highest BCUT2D eigenvalue weighted by Crippen LogP contribution is 2.19. The Morgan fingerprint density at radius 3 is 2.33 bits per heavy atom. The molecule has 0 unspecified atom stereocenters. The molecular formula is C15H25NO2. The van der Waals surface area contributed by atoms with Gasteiger partial charge in [0.2, 0.25) is 0 Å². The van der Waals surface area contributed by atoms with Gasteiger partial charge in [0, 0.05) is 6.07 Å². The van der Waals surface area contributed by atoms with Crippen molar-refractivity contribution in [1.29, 1.82) is 0 Å². The lowest BCUT2D eigenvalue weighted by molar-refractivity contribution is 0.302. The summed E-state index contributed by atoms with van der Waals surface area (Å²) in [5, 5.41) is 0. The smallest absolute Gasteiger partial charge is 0.122 e. The summed E-state index contributed by atoms with van der Waals surface area (Å²) in [5.41, 5.74) is 5.45. The van der Waals surface area contributed by atoms with Crippen molar-refractivity contribution in [3.8, 4) is 11.5 Å². The third kappa shape index (κ3) is 6.50. The standard InChI is InChI=1S/C15H25NO2/c1-17-14-9-8-10-15(13-14)18-12-7-5-3-2-4-6-11-16/h8-10,13H,2-7,11-12,16H2,1H3. The van der Waals surface area contributed by atoms with Crippen LogP contribution in [0.25, 0.3) is 0 Å². The summed E-state index contributed by atoms with van der Waals surface area (Å²) in [7, 11) is 1.67. The summed E-state index contributed by atoms with van der Waals surface area (Å²) in [5.74, 6) is 1.73. The fraction of sp³-hybridized carbons (Fsp3) is 0.600. The van der Waals surface area contributed by atoms with Gasteiger partial charge in [0.15, 0.2) is 0 Å². The molecule has 1 aromatic rings. The van der Waals surface area contributed by atoms with Crippen LogP contribution in [-0.2, 0) is 0 Å². The summed E-state index contributed by atoms with van der Waals surface area (Å²) in [6.45, 7) is 1.60. The van der Waals surface area contributed by atoms with Crippen molar-refractivity contribution in [2.75, 3.05) is 20.3 Å². The van der Waals surface area contributed by atoms with Crippen LogP contribution in [-0.4, -0.2) is 20.3 Å². The first-order valence-corrected chi connectivity index (χ1v) is 6.83. The number of hydrogen-bond acceptors (Lipinski definition) is 3. The minimum Gasteiger partial charge on any atom is -0.497 e. The zero-order valence-electron chi connectivity index (χ0n) is 11.4. The van der Waals surface area contributed by atoms with Crippen LogP contribution in [0.2, 0.25) is 0 Å². The van der Waals surface area contributed by atoms with Gasteiger partial charge in [0.1, 0.15) is 11.5 Å². The van der Waals surface area contributed by atoms with E-state index < -0.39 is 0 Å². The zero-order chi connectivity index (χ0) is 13.1. The van der Waals surface area contributed by atoms with Crippen molar-refractivity contribution in [2.24, 2.45) is 5.73 Å². The van der Waals surface area contributed by atoms with Gasteiger partial charge in [-0.1, -0.05) is 31.7 Å². The Labute approximate surface area is 110 Å². The van der Waals surface area contributed by atoms with Gasteiger partial charge in [-0.2, -0.15) is 0 Å². The average Bonchev–Trinajstić information content (AvgIpc) is 2.42. The monoisotopic (exact) mass is 251 g/mol. The van der Waals surface area contributed by atoms with Crippen LogP contribution in [0.5, 0.6) is 11.5 Å². The van der Waals surface area contributed by atoms with Crippen molar-refractivity contribution in [2.45, 2.75) is 38.5 Å². The highest BCUT2D eigenvalue weighted by atomic mass is 16.5. The van der Waals surface area contributed by atoms with Crippen molar-refractivity contribution < 1.29 is 9.47 Å². The Morgan fingerprint density at radius 1 is 0.944 bits per heavy atom. The fourth-order valence-electron chi connectivity index (χ4n) is 1.83. The number of rotatable bonds is 10. The molecule has 0 bridgehead atoms. The highest BCUT2D eigenvalue weighted by molar-refractivity contribution is 5.32. The molecule has 0 aliphatic heterocycles. The molecular weight excluding hydrogens is 226 g/mol. The highest BCUT2D eigenvalue weighted by Gasteiger charge is 1.96. The van der Waals surface area contributed by atoms with E-state index in [1.165, 1.54) is 25.7 Å². The molecule has 2 N–H and O–H groups in total. The first-order chi connectivity index (χ1) is 8.86. The van der Waals surface area contributed by atoms with Crippen LogP contribution < -0.4 is 15.2 Å². The van der Waals surface area contributed by atoms with Crippen molar-refractivity contribution >= 4 is 0 Å². The molecule has 0 saturated heterocycles. The van der Waals surface area contributed by atoms with Gasteiger partial charge in [-0.25, -0.2) is 0 Å². The number of benzene rings is 1. The number of hydrogen-bond donors (Lipinski definition) is 1. The van der Waals surface area contributed by atoms with Crippen molar-refractivity contribution in [3.05, 3.63) is 24.3 Å². The summed E-state index contributed by atoms with van der Waals surface area (Å²) in [4.78, 5) is 0. The second-order valence-corrected chi connectivity index (χ2v) is 4.44. The van der Waals surface area contributed by atoms with E-state index in [-0.39, 0.29) is 0 Å². The molecule has 0 amide bonds. The fourth-order valence-corrected chi connectivity index (χ4v) is 1.83. The largest absolute Gasteiger partial charge is 0.497 e. The minimum absolute atomic E-state index is 0.782. The molecule has 0 aromatic heterocycles. The lowest BCUT2D eigenvalue weighted by Crippen LogP contribution is -1.99. The summed E-state index contributed by atoms with van der Waals surface area (Å²) < 4.78 is 10.8. The molecule has 3 heteroatoms. The molecule has 0 radical (unpaired) electrons. The van der Waals surface area contributed by atoms with E-state index in [1.54, 1.807) is 7.11 Å². The van der Waals surface area contributed by atoms with Crippen LogP contribution in [0.1, 0.15) is 38.5 Å². The van der Waals surface area contributed by atoms with Gasteiger partial charge in [-0.05, 0) is 31.5 Å². The summed E-state index contributed by atoms with van der Waals surface area (Å²) in [6.07, 6.45) is 7.32. The third-order valence-electron chi connectivity index (χ3n) is 2.91.